The van der Waals surface area contributed by atoms with Crippen LogP contribution in [-0.2, 0) is 9.84 Å². The summed E-state index contributed by atoms with van der Waals surface area (Å²) < 4.78 is 23.1. The molecule has 0 amide bonds. The highest BCUT2D eigenvalue weighted by Crippen LogP contribution is 2.35. The highest BCUT2D eigenvalue weighted by atomic mass is 32.2. The number of fused-ring (bicyclic) bond motifs is 2. The lowest BCUT2D eigenvalue weighted by atomic mass is 10.2. The normalized spacial score (nSPS) is 32.1. The van der Waals surface area contributed by atoms with Crippen LogP contribution in [0.25, 0.3) is 0 Å². The van der Waals surface area contributed by atoms with Crippen LogP contribution >= 0.6 is 0 Å². The van der Waals surface area contributed by atoms with Gasteiger partial charge in [-0.1, -0.05) is 18.2 Å². The van der Waals surface area contributed by atoms with E-state index >= 15 is 0 Å². The molecule has 2 unspecified atom stereocenters. The summed E-state index contributed by atoms with van der Waals surface area (Å²) in [4.78, 5) is 2.23. The summed E-state index contributed by atoms with van der Waals surface area (Å²) in [6.07, 6.45) is 0.817. The van der Waals surface area contributed by atoms with E-state index in [1.54, 1.807) is 0 Å². The third-order valence-electron chi connectivity index (χ3n) is 3.40. The number of benzene rings is 1. The van der Waals surface area contributed by atoms with Crippen molar-refractivity contribution in [2.24, 2.45) is 0 Å². The molecule has 0 saturated carbocycles. The van der Waals surface area contributed by atoms with Crippen molar-refractivity contribution in [2.45, 2.75) is 17.7 Å². The Morgan fingerprint density at radius 1 is 1.20 bits per heavy atom. The SMILES string of the molecule is O=S1(=O)CC2CC1CN2c1ccccc1. The Balaban J connectivity index is 1.90. The summed E-state index contributed by atoms with van der Waals surface area (Å²) in [6.45, 7) is 0.678. The smallest absolute Gasteiger partial charge is 0.156 e. The number of anilines is 1. The van der Waals surface area contributed by atoms with Crippen molar-refractivity contribution in [3.63, 3.8) is 0 Å². The van der Waals surface area contributed by atoms with E-state index in [-0.39, 0.29) is 11.3 Å². The van der Waals surface area contributed by atoms with E-state index in [2.05, 4.69) is 4.90 Å². The molecule has 0 aromatic heterocycles. The minimum Gasteiger partial charge on any atom is -0.366 e. The zero-order valence-corrected chi connectivity index (χ0v) is 9.15. The zero-order chi connectivity index (χ0) is 10.5. The van der Waals surface area contributed by atoms with Gasteiger partial charge in [0.05, 0.1) is 11.0 Å². The Morgan fingerprint density at radius 2 is 1.93 bits per heavy atom. The van der Waals surface area contributed by atoms with Crippen molar-refractivity contribution in [1.82, 2.24) is 0 Å². The first-order valence-corrected chi connectivity index (χ1v) is 6.91. The predicted molar refractivity (Wildman–Crippen MR) is 59.8 cm³/mol. The summed E-state index contributed by atoms with van der Waals surface area (Å²) in [5.74, 6) is 0.340. The Labute approximate surface area is 89.6 Å². The minimum atomic E-state index is -2.77. The Kier molecular flexibility index (Phi) is 1.83. The second kappa shape index (κ2) is 2.98. The van der Waals surface area contributed by atoms with Crippen molar-refractivity contribution < 1.29 is 8.42 Å². The fourth-order valence-electron chi connectivity index (χ4n) is 2.63. The van der Waals surface area contributed by atoms with Crippen molar-refractivity contribution in [1.29, 1.82) is 0 Å². The van der Waals surface area contributed by atoms with Gasteiger partial charge in [0.25, 0.3) is 0 Å². The van der Waals surface area contributed by atoms with E-state index in [0.717, 1.165) is 12.1 Å². The zero-order valence-electron chi connectivity index (χ0n) is 8.33. The third kappa shape index (κ3) is 1.35. The number of rotatable bonds is 1. The minimum absolute atomic E-state index is 0.122. The fourth-order valence-corrected chi connectivity index (χ4v) is 4.66. The molecule has 0 spiro atoms. The molecule has 3 rings (SSSR count). The standard InChI is InChI=1S/C11H13NO2S/c13-15(14)8-10-6-11(15)7-12(10)9-4-2-1-3-5-9/h1-5,10-11H,6-8H2. The van der Waals surface area contributed by atoms with E-state index in [1.807, 2.05) is 30.3 Å². The van der Waals surface area contributed by atoms with Crippen LogP contribution in [0.15, 0.2) is 30.3 Å². The van der Waals surface area contributed by atoms with Gasteiger partial charge in [-0.2, -0.15) is 0 Å². The Morgan fingerprint density at radius 3 is 2.47 bits per heavy atom. The third-order valence-corrected chi connectivity index (χ3v) is 5.60. The molecule has 0 radical (unpaired) electrons. The van der Waals surface area contributed by atoms with Gasteiger partial charge >= 0.3 is 0 Å². The number of sulfone groups is 1. The fraction of sp³-hybridized carbons (Fsp3) is 0.455. The molecule has 15 heavy (non-hydrogen) atoms. The van der Waals surface area contributed by atoms with Crippen molar-refractivity contribution in [3.8, 4) is 0 Å². The van der Waals surface area contributed by atoms with E-state index in [1.165, 1.54) is 0 Å². The molecule has 2 aliphatic rings. The Bertz CT molecular complexity index is 469. The lowest BCUT2D eigenvalue weighted by Crippen LogP contribution is -2.40. The maximum Gasteiger partial charge on any atom is 0.156 e. The summed E-state index contributed by atoms with van der Waals surface area (Å²) in [5.41, 5.74) is 1.15. The van der Waals surface area contributed by atoms with Crippen LogP contribution in [0.2, 0.25) is 0 Å². The molecule has 2 bridgehead atoms. The molecular weight excluding hydrogens is 210 g/mol. The van der Waals surface area contributed by atoms with Crippen LogP contribution in [0.1, 0.15) is 6.42 Å². The number of para-hydroxylation sites is 1. The van der Waals surface area contributed by atoms with Gasteiger partial charge in [-0.05, 0) is 18.6 Å². The first kappa shape index (κ1) is 9.21. The lowest BCUT2D eigenvalue weighted by molar-refractivity contribution is 0.585. The van der Waals surface area contributed by atoms with E-state index in [9.17, 15) is 8.42 Å². The van der Waals surface area contributed by atoms with Gasteiger partial charge in [0.15, 0.2) is 9.84 Å². The topological polar surface area (TPSA) is 37.4 Å². The monoisotopic (exact) mass is 223 g/mol. The van der Waals surface area contributed by atoms with E-state index in [0.29, 0.717) is 12.3 Å². The van der Waals surface area contributed by atoms with Gasteiger partial charge in [-0.3, -0.25) is 0 Å². The summed E-state index contributed by atoms with van der Waals surface area (Å²) in [5, 5.41) is -0.122. The molecule has 2 saturated heterocycles. The molecular formula is C11H13NO2S. The largest absolute Gasteiger partial charge is 0.366 e. The van der Waals surface area contributed by atoms with Gasteiger partial charge < -0.3 is 4.90 Å². The van der Waals surface area contributed by atoms with Gasteiger partial charge in [0, 0.05) is 18.3 Å². The maximum atomic E-state index is 11.6. The Hall–Kier alpha value is -1.03. The molecule has 0 aliphatic carbocycles. The summed E-state index contributed by atoms with van der Waals surface area (Å²) >= 11 is 0. The van der Waals surface area contributed by atoms with Gasteiger partial charge in [-0.15, -0.1) is 0 Å². The van der Waals surface area contributed by atoms with E-state index < -0.39 is 9.84 Å². The first-order valence-electron chi connectivity index (χ1n) is 5.20. The maximum absolute atomic E-state index is 11.6. The van der Waals surface area contributed by atoms with Crippen molar-refractivity contribution in [3.05, 3.63) is 30.3 Å². The number of hydrogen-bond donors (Lipinski definition) is 0. The average Bonchev–Trinajstić information content (AvgIpc) is 2.74. The summed E-state index contributed by atoms with van der Waals surface area (Å²) in [7, 11) is -2.77. The molecule has 2 fully saturated rings. The lowest BCUT2D eigenvalue weighted by Gasteiger charge is -2.28. The second-order valence-corrected chi connectivity index (χ2v) is 6.65. The molecule has 2 aliphatic heterocycles. The highest BCUT2D eigenvalue weighted by Gasteiger charge is 2.48. The molecule has 2 heterocycles. The van der Waals surface area contributed by atoms with Gasteiger partial charge in [0.1, 0.15) is 0 Å². The van der Waals surface area contributed by atoms with Crippen LogP contribution in [0.5, 0.6) is 0 Å². The molecule has 1 aromatic rings. The molecule has 80 valence electrons. The molecule has 1 aromatic carbocycles. The van der Waals surface area contributed by atoms with Crippen LogP contribution in [0.4, 0.5) is 5.69 Å². The quantitative estimate of drug-likeness (QED) is 0.714. The second-order valence-electron chi connectivity index (χ2n) is 4.33. The van der Waals surface area contributed by atoms with Crippen molar-refractivity contribution in [2.75, 3.05) is 17.2 Å². The van der Waals surface area contributed by atoms with E-state index in [4.69, 9.17) is 0 Å². The number of nitrogens with zero attached hydrogens (tertiary/aromatic N) is 1. The number of hydrogen-bond acceptors (Lipinski definition) is 3. The predicted octanol–water partition coefficient (Wildman–Crippen LogP) is 1.06. The van der Waals surface area contributed by atoms with Gasteiger partial charge in [0.2, 0.25) is 0 Å². The summed E-state index contributed by atoms with van der Waals surface area (Å²) in [6, 6.07) is 10.3. The van der Waals surface area contributed by atoms with Gasteiger partial charge in [-0.25, -0.2) is 8.42 Å². The molecule has 4 heteroatoms. The molecule has 0 N–H and O–H groups in total. The average molecular weight is 223 g/mol. The van der Waals surface area contributed by atoms with Crippen LogP contribution in [0, 0.1) is 0 Å². The van der Waals surface area contributed by atoms with Crippen molar-refractivity contribution >= 4 is 15.5 Å². The molecule has 2 atom stereocenters. The first-order chi connectivity index (χ1) is 7.17. The highest BCUT2D eigenvalue weighted by molar-refractivity contribution is 7.92. The van der Waals surface area contributed by atoms with Crippen LogP contribution in [-0.4, -0.2) is 32.0 Å². The van der Waals surface area contributed by atoms with Crippen LogP contribution in [0.3, 0.4) is 0 Å². The van der Waals surface area contributed by atoms with Crippen LogP contribution < -0.4 is 4.90 Å². The molecule has 3 nitrogen and oxygen atoms in total.